The van der Waals surface area contributed by atoms with E-state index < -0.39 is 0 Å². The summed E-state index contributed by atoms with van der Waals surface area (Å²) >= 11 is 0. The number of hydrogen-bond donors (Lipinski definition) is 1. The van der Waals surface area contributed by atoms with E-state index in [0.717, 1.165) is 25.9 Å². The standard InChI is InChI=1S/C13H24N2O3/c1-17-7-8-18-10-13(16)15(12-4-5-12)9-11-3-2-6-14-11/h11-12,14H,2-10H2,1H3. The van der Waals surface area contributed by atoms with Crippen LogP contribution in [0.5, 0.6) is 0 Å². The molecule has 1 unspecified atom stereocenters. The second-order valence-corrected chi connectivity index (χ2v) is 5.12. The first-order valence-electron chi connectivity index (χ1n) is 6.91. The lowest BCUT2D eigenvalue weighted by atomic mass is 10.2. The van der Waals surface area contributed by atoms with Crippen LogP contribution in [0.1, 0.15) is 25.7 Å². The highest BCUT2D eigenvalue weighted by Crippen LogP contribution is 2.27. The van der Waals surface area contributed by atoms with E-state index in [9.17, 15) is 4.79 Å². The van der Waals surface area contributed by atoms with E-state index >= 15 is 0 Å². The Bertz CT molecular complexity index is 263. The molecule has 0 aromatic rings. The van der Waals surface area contributed by atoms with Gasteiger partial charge in [0.2, 0.25) is 5.91 Å². The minimum atomic E-state index is 0.127. The van der Waals surface area contributed by atoms with Gasteiger partial charge < -0.3 is 19.7 Å². The average molecular weight is 256 g/mol. The second kappa shape index (κ2) is 7.07. The number of methoxy groups -OCH3 is 1. The van der Waals surface area contributed by atoms with Gasteiger partial charge in [0.1, 0.15) is 6.61 Å². The Labute approximate surface area is 109 Å². The number of carbonyl (C=O) groups excluding carboxylic acids is 1. The molecule has 5 nitrogen and oxygen atoms in total. The molecule has 104 valence electrons. The highest BCUT2D eigenvalue weighted by atomic mass is 16.5. The van der Waals surface area contributed by atoms with Gasteiger partial charge in [0.05, 0.1) is 13.2 Å². The summed E-state index contributed by atoms with van der Waals surface area (Å²) in [6.07, 6.45) is 4.70. The van der Waals surface area contributed by atoms with Gasteiger partial charge in [-0.3, -0.25) is 4.79 Å². The van der Waals surface area contributed by atoms with Crippen LogP contribution < -0.4 is 5.32 Å². The van der Waals surface area contributed by atoms with Gasteiger partial charge in [-0.15, -0.1) is 0 Å². The SMILES string of the molecule is COCCOCC(=O)N(CC1CCCN1)C1CC1. The number of hydrogen-bond acceptors (Lipinski definition) is 4. The lowest BCUT2D eigenvalue weighted by Gasteiger charge is -2.25. The van der Waals surface area contributed by atoms with Gasteiger partial charge in [0, 0.05) is 25.7 Å². The van der Waals surface area contributed by atoms with Crippen LogP contribution in [0, 0.1) is 0 Å². The molecule has 5 heteroatoms. The predicted molar refractivity (Wildman–Crippen MR) is 68.5 cm³/mol. The highest BCUT2D eigenvalue weighted by Gasteiger charge is 2.34. The summed E-state index contributed by atoms with van der Waals surface area (Å²) in [5.41, 5.74) is 0. The van der Waals surface area contributed by atoms with E-state index in [0.29, 0.717) is 25.3 Å². The number of amides is 1. The summed E-state index contributed by atoms with van der Waals surface area (Å²) in [6, 6.07) is 0.944. The quantitative estimate of drug-likeness (QED) is 0.638. The fourth-order valence-electron chi connectivity index (χ4n) is 2.38. The first-order chi connectivity index (χ1) is 8.81. The Hall–Kier alpha value is -0.650. The molecule has 1 heterocycles. The van der Waals surface area contributed by atoms with Gasteiger partial charge >= 0.3 is 0 Å². The van der Waals surface area contributed by atoms with Crippen LogP contribution in [0.15, 0.2) is 0 Å². The van der Waals surface area contributed by atoms with Crippen molar-refractivity contribution >= 4 is 5.91 Å². The smallest absolute Gasteiger partial charge is 0.248 e. The topological polar surface area (TPSA) is 50.8 Å². The van der Waals surface area contributed by atoms with E-state index in [-0.39, 0.29) is 12.5 Å². The summed E-state index contributed by atoms with van der Waals surface area (Å²) in [7, 11) is 1.63. The number of nitrogens with zero attached hydrogens (tertiary/aromatic N) is 1. The summed E-state index contributed by atoms with van der Waals surface area (Å²) in [5, 5.41) is 3.45. The van der Waals surface area contributed by atoms with E-state index in [1.165, 1.54) is 12.8 Å². The third-order valence-corrected chi connectivity index (χ3v) is 3.54. The average Bonchev–Trinajstić information content (AvgIpc) is 3.08. The largest absolute Gasteiger partial charge is 0.382 e. The van der Waals surface area contributed by atoms with E-state index in [4.69, 9.17) is 9.47 Å². The van der Waals surface area contributed by atoms with Gasteiger partial charge in [-0.05, 0) is 32.2 Å². The van der Waals surface area contributed by atoms with Crippen LogP contribution in [-0.2, 0) is 14.3 Å². The third kappa shape index (κ3) is 4.23. The zero-order valence-electron chi connectivity index (χ0n) is 11.2. The van der Waals surface area contributed by atoms with Crippen molar-refractivity contribution in [3.8, 4) is 0 Å². The molecule has 1 amide bonds. The Morgan fingerprint density at radius 2 is 2.17 bits per heavy atom. The molecule has 2 rings (SSSR count). The van der Waals surface area contributed by atoms with Gasteiger partial charge in [-0.25, -0.2) is 0 Å². The van der Waals surface area contributed by atoms with Crippen molar-refractivity contribution in [3.05, 3.63) is 0 Å². The molecule has 1 saturated heterocycles. The minimum absolute atomic E-state index is 0.127. The molecule has 18 heavy (non-hydrogen) atoms. The number of ether oxygens (including phenoxy) is 2. The van der Waals surface area contributed by atoms with Gasteiger partial charge in [-0.1, -0.05) is 0 Å². The van der Waals surface area contributed by atoms with Crippen molar-refractivity contribution in [2.24, 2.45) is 0 Å². The lowest BCUT2D eigenvalue weighted by molar-refractivity contribution is -0.137. The van der Waals surface area contributed by atoms with Crippen LogP contribution in [-0.4, -0.2) is 62.9 Å². The first-order valence-corrected chi connectivity index (χ1v) is 6.91. The fourth-order valence-corrected chi connectivity index (χ4v) is 2.38. The molecule has 1 aliphatic carbocycles. The molecule has 0 radical (unpaired) electrons. The van der Waals surface area contributed by atoms with Crippen LogP contribution in [0.2, 0.25) is 0 Å². The Balaban J connectivity index is 1.72. The zero-order chi connectivity index (χ0) is 12.8. The second-order valence-electron chi connectivity index (χ2n) is 5.12. The van der Waals surface area contributed by atoms with Crippen molar-refractivity contribution in [1.82, 2.24) is 10.2 Å². The molecule has 0 aromatic carbocycles. The summed E-state index contributed by atoms with van der Waals surface area (Å²) in [6.45, 7) is 3.15. The van der Waals surface area contributed by atoms with Crippen molar-refractivity contribution in [2.45, 2.75) is 37.8 Å². The normalized spacial score (nSPS) is 23.3. The molecule has 0 bridgehead atoms. The number of rotatable bonds is 8. The van der Waals surface area contributed by atoms with E-state index in [1.807, 2.05) is 4.90 Å². The van der Waals surface area contributed by atoms with Gasteiger partial charge in [-0.2, -0.15) is 0 Å². The van der Waals surface area contributed by atoms with Crippen LogP contribution in [0.4, 0.5) is 0 Å². The Kier molecular flexibility index (Phi) is 5.41. The Morgan fingerprint density at radius 3 is 2.78 bits per heavy atom. The van der Waals surface area contributed by atoms with Crippen molar-refractivity contribution < 1.29 is 14.3 Å². The van der Waals surface area contributed by atoms with Gasteiger partial charge in [0.15, 0.2) is 0 Å². The van der Waals surface area contributed by atoms with Crippen LogP contribution in [0.3, 0.4) is 0 Å². The van der Waals surface area contributed by atoms with Crippen LogP contribution >= 0.6 is 0 Å². The maximum absolute atomic E-state index is 12.1. The monoisotopic (exact) mass is 256 g/mol. The summed E-state index contributed by atoms with van der Waals surface area (Å²) < 4.78 is 10.2. The predicted octanol–water partition coefficient (Wildman–Crippen LogP) is 0.392. The zero-order valence-corrected chi connectivity index (χ0v) is 11.2. The molecule has 2 fully saturated rings. The van der Waals surface area contributed by atoms with Crippen molar-refractivity contribution in [1.29, 1.82) is 0 Å². The minimum Gasteiger partial charge on any atom is -0.382 e. The van der Waals surface area contributed by atoms with E-state index in [1.54, 1.807) is 7.11 Å². The molecule has 1 atom stereocenters. The maximum atomic E-state index is 12.1. The molecule has 2 aliphatic rings. The molecular formula is C13H24N2O3. The van der Waals surface area contributed by atoms with Gasteiger partial charge in [0.25, 0.3) is 0 Å². The maximum Gasteiger partial charge on any atom is 0.248 e. The van der Waals surface area contributed by atoms with Crippen molar-refractivity contribution in [2.75, 3.05) is 40.0 Å². The third-order valence-electron chi connectivity index (χ3n) is 3.54. The fraction of sp³-hybridized carbons (Fsp3) is 0.923. The Morgan fingerprint density at radius 1 is 1.33 bits per heavy atom. The highest BCUT2D eigenvalue weighted by molar-refractivity contribution is 5.78. The number of carbonyl (C=O) groups is 1. The molecule has 1 saturated carbocycles. The molecule has 0 aromatic heterocycles. The summed E-state index contributed by atoms with van der Waals surface area (Å²) in [5.74, 6) is 0.127. The van der Waals surface area contributed by atoms with Crippen LogP contribution in [0.25, 0.3) is 0 Å². The number of nitrogens with one attached hydrogen (secondary N) is 1. The summed E-state index contributed by atoms with van der Waals surface area (Å²) in [4.78, 5) is 14.1. The lowest BCUT2D eigenvalue weighted by Crippen LogP contribution is -2.44. The molecule has 1 N–H and O–H groups in total. The molecule has 1 aliphatic heterocycles. The van der Waals surface area contributed by atoms with Crippen molar-refractivity contribution in [3.63, 3.8) is 0 Å². The van der Waals surface area contributed by atoms with E-state index in [2.05, 4.69) is 5.32 Å². The first kappa shape index (κ1) is 13.8. The molecule has 0 spiro atoms. The molecular weight excluding hydrogens is 232 g/mol.